The minimum Gasteiger partial charge on any atom is -0.493 e. The van der Waals surface area contributed by atoms with Gasteiger partial charge in [-0.15, -0.1) is 0 Å². The molecule has 0 atom stereocenters. The summed E-state index contributed by atoms with van der Waals surface area (Å²) in [4.78, 5) is 11.3. The number of nitrogens with zero attached hydrogens (tertiary/aromatic N) is 1. The van der Waals surface area contributed by atoms with Crippen LogP contribution in [0.4, 0.5) is 4.39 Å². The summed E-state index contributed by atoms with van der Waals surface area (Å²) >= 11 is 12.8. The zero-order valence-electron chi connectivity index (χ0n) is 26.0. The predicted molar refractivity (Wildman–Crippen MR) is 190 cm³/mol. The second kappa shape index (κ2) is 14.8. The standard InChI is InChI=1S/C38H31Cl2FN2O5S/c39-27-15-18-34-31(23-27)29(20-22-48-28-16-17-30(38(44)45)33(41)24-28)35(19-21-42-49(46,47)36-14-8-7-13-32(36)40)43(34)37(25-9-3-1-4-10-25)26-11-5-2-6-12-26/h1-18,23-24,37,42H,19-22H2,(H,44,45). The van der Waals surface area contributed by atoms with Crippen molar-refractivity contribution >= 4 is 50.1 Å². The summed E-state index contributed by atoms with van der Waals surface area (Å²) in [6.45, 7) is 0.181. The van der Waals surface area contributed by atoms with Crippen molar-refractivity contribution in [3.05, 3.63) is 165 Å². The Labute approximate surface area is 293 Å². The van der Waals surface area contributed by atoms with E-state index in [0.29, 0.717) is 17.9 Å². The van der Waals surface area contributed by atoms with Crippen LogP contribution in [0.1, 0.15) is 38.8 Å². The summed E-state index contributed by atoms with van der Waals surface area (Å²) in [7, 11) is -3.93. The van der Waals surface area contributed by atoms with Gasteiger partial charge in [0.2, 0.25) is 10.0 Å². The minimum atomic E-state index is -3.93. The Morgan fingerprint density at radius 1 is 0.837 bits per heavy atom. The van der Waals surface area contributed by atoms with Crippen LogP contribution in [-0.4, -0.2) is 37.2 Å². The van der Waals surface area contributed by atoms with Crippen LogP contribution in [0.2, 0.25) is 10.0 Å². The van der Waals surface area contributed by atoms with Crippen LogP contribution in [0, 0.1) is 5.82 Å². The van der Waals surface area contributed by atoms with Gasteiger partial charge in [-0.2, -0.15) is 0 Å². The molecule has 250 valence electrons. The quantitative estimate of drug-likeness (QED) is 0.125. The van der Waals surface area contributed by atoms with E-state index in [9.17, 15) is 22.7 Å². The Kier molecular flexibility index (Phi) is 10.4. The van der Waals surface area contributed by atoms with Crippen molar-refractivity contribution in [1.82, 2.24) is 9.29 Å². The van der Waals surface area contributed by atoms with Crippen LogP contribution in [0.3, 0.4) is 0 Å². The average Bonchev–Trinajstić information content (AvgIpc) is 3.37. The molecule has 6 aromatic rings. The molecule has 7 nitrogen and oxygen atoms in total. The molecule has 49 heavy (non-hydrogen) atoms. The van der Waals surface area contributed by atoms with Crippen LogP contribution >= 0.6 is 23.2 Å². The van der Waals surface area contributed by atoms with E-state index in [-0.39, 0.29) is 34.9 Å². The Balaban J connectivity index is 1.44. The molecule has 0 unspecified atom stereocenters. The maximum atomic E-state index is 14.4. The Morgan fingerprint density at radius 3 is 2.12 bits per heavy atom. The van der Waals surface area contributed by atoms with Gasteiger partial charge in [-0.3, -0.25) is 0 Å². The fraction of sp³-hybridized carbons (Fsp3) is 0.132. The van der Waals surface area contributed by atoms with Crippen LogP contribution in [0.5, 0.6) is 5.75 Å². The van der Waals surface area contributed by atoms with E-state index >= 15 is 0 Å². The molecule has 5 aromatic carbocycles. The number of aromatic carboxylic acids is 1. The van der Waals surface area contributed by atoms with Crippen molar-refractivity contribution in [2.45, 2.75) is 23.8 Å². The van der Waals surface area contributed by atoms with Crippen molar-refractivity contribution in [3.8, 4) is 5.75 Å². The maximum absolute atomic E-state index is 14.4. The molecule has 0 spiro atoms. The molecular weight excluding hydrogens is 686 g/mol. The van der Waals surface area contributed by atoms with Crippen LogP contribution in [-0.2, 0) is 22.9 Å². The lowest BCUT2D eigenvalue weighted by molar-refractivity contribution is 0.0691. The highest BCUT2D eigenvalue weighted by Gasteiger charge is 2.26. The molecule has 0 saturated heterocycles. The number of halogens is 3. The highest BCUT2D eigenvalue weighted by molar-refractivity contribution is 7.89. The summed E-state index contributed by atoms with van der Waals surface area (Å²) in [5, 5.41) is 10.7. The number of benzene rings is 5. The molecule has 0 saturated carbocycles. The lowest BCUT2D eigenvalue weighted by atomic mass is 9.97. The van der Waals surface area contributed by atoms with Gasteiger partial charge in [0.15, 0.2) is 0 Å². The summed E-state index contributed by atoms with van der Waals surface area (Å²) in [5.41, 5.74) is 4.23. The number of hydrogen-bond acceptors (Lipinski definition) is 4. The van der Waals surface area contributed by atoms with Crippen molar-refractivity contribution in [1.29, 1.82) is 0 Å². The number of ether oxygens (including phenoxy) is 1. The first-order chi connectivity index (χ1) is 23.6. The molecule has 6 rings (SSSR count). The predicted octanol–water partition coefficient (Wildman–Crippen LogP) is 8.57. The van der Waals surface area contributed by atoms with Gasteiger partial charge in [0, 0.05) is 47.1 Å². The zero-order valence-corrected chi connectivity index (χ0v) is 28.4. The van der Waals surface area contributed by atoms with E-state index in [1.165, 1.54) is 24.3 Å². The summed E-state index contributed by atoms with van der Waals surface area (Å²) < 4.78 is 51.9. The topological polar surface area (TPSA) is 97.6 Å². The number of carboxylic acid groups (broad SMARTS) is 1. The molecule has 2 N–H and O–H groups in total. The molecule has 0 aliphatic carbocycles. The first kappa shape index (κ1) is 34.2. The molecular formula is C38H31Cl2FN2O5S. The Bertz CT molecular complexity index is 2190. The second-order valence-electron chi connectivity index (χ2n) is 11.3. The third kappa shape index (κ3) is 7.50. The van der Waals surface area contributed by atoms with Gasteiger partial charge in [0.1, 0.15) is 16.5 Å². The van der Waals surface area contributed by atoms with E-state index in [0.717, 1.165) is 39.4 Å². The van der Waals surface area contributed by atoms with Crippen LogP contribution in [0.15, 0.2) is 126 Å². The number of fused-ring (bicyclic) bond motifs is 1. The van der Waals surface area contributed by atoms with Gasteiger partial charge in [-0.05, 0) is 59.2 Å². The third-order valence-corrected chi connectivity index (χ3v) is 10.4. The number of carboxylic acids is 1. The number of sulfonamides is 1. The molecule has 0 amide bonds. The smallest absolute Gasteiger partial charge is 0.338 e. The van der Waals surface area contributed by atoms with Crippen molar-refractivity contribution in [2.24, 2.45) is 0 Å². The van der Waals surface area contributed by atoms with E-state index in [1.54, 1.807) is 12.1 Å². The fourth-order valence-electron chi connectivity index (χ4n) is 6.09. The van der Waals surface area contributed by atoms with Gasteiger partial charge in [0.05, 0.1) is 23.2 Å². The summed E-state index contributed by atoms with van der Waals surface area (Å²) in [6.07, 6.45) is 0.651. The van der Waals surface area contributed by atoms with E-state index in [4.69, 9.17) is 27.9 Å². The van der Waals surface area contributed by atoms with Crippen molar-refractivity contribution in [2.75, 3.05) is 13.2 Å². The molecule has 0 radical (unpaired) electrons. The van der Waals surface area contributed by atoms with Crippen LogP contribution in [0.25, 0.3) is 10.9 Å². The second-order valence-corrected chi connectivity index (χ2v) is 13.9. The summed E-state index contributed by atoms with van der Waals surface area (Å²) in [6, 6.07) is 35.3. The van der Waals surface area contributed by atoms with Gasteiger partial charge >= 0.3 is 5.97 Å². The average molecular weight is 718 g/mol. The maximum Gasteiger partial charge on any atom is 0.338 e. The zero-order chi connectivity index (χ0) is 34.5. The molecule has 0 aliphatic heterocycles. The number of aromatic nitrogens is 1. The van der Waals surface area contributed by atoms with Crippen molar-refractivity contribution in [3.63, 3.8) is 0 Å². The lowest BCUT2D eigenvalue weighted by Gasteiger charge is -2.25. The van der Waals surface area contributed by atoms with E-state index in [1.807, 2.05) is 54.6 Å². The van der Waals surface area contributed by atoms with Gasteiger partial charge in [-0.25, -0.2) is 22.3 Å². The summed E-state index contributed by atoms with van der Waals surface area (Å²) in [5.74, 6) is -2.08. The number of rotatable bonds is 13. The monoisotopic (exact) mass is 716 g/mol. The molecule has 11 heteroatoms. The largest absolute Gasteiger partial charge is 0.493 e. The first-order valence-corrected chi connectivity index (χ1v) is 17.7. The number of carbonyl (C=O) groups is 1. The first-order valence-electron chi connectivity index (χ1n) is 15.4. The SMILES string of the molecule is O=C(O)c1ccc(OCCc2c(CCNS(=O)(=O)c3ccccc3Cl)n(C(c3ccccc3)c3ccccc3)c3ccc(Cl)cc23)cc1F. The van der Waals surface area contributed by atoms with E-state index < -0.39 is 27.4 Å². The molecule has 1 heterocycles. The number of nitrogens with one attached hydrogen (secondary N) is 1. The molecule has 1 aromatic heterocycles. The fourth-order valence-corrected chi connectivity index (χ4v) is 7.81. The minimum absolute atomic E-state index is 0.00906. The Morgan fingerprint density at radius 2 is 1.49 bits per heavy atom. The highest BCUT2D eigenvalue weighted by atomic mass is 35.5. The van der Waals surface area contributed by atoms with Crippen molar-refractivity contribution < 1.29 is 27.4 Å². The van der Waals surface area contributed by atoms with Gasteiger partial charge in [0.25, 0.3) is 0 Å². The Hall–Kier alpha value is -4.67. The molecule has 0 fully saturated rings. The third-order valence-electron chi connectivity index (χ3n) is 8.24. The van der Waals surface area contributed by atoms with Gasteiger partial charge < -0.3 is 14.4 Å². The van der Waals surface area contributed by atoms with E-state index in [2.05, 4.69) is 33.6 Å². The highest BCUT2D eigenvalue weighted by Crippen LogP contribution is 2.38. The van der Waals surface area contributed by atoms with Gasteiger partial charge in [-0.1, -0.05) is 96.0 Å². The molecule has 0 bridgehead atoms. The normalized spacial score (nSPS) is 11.7. The molecule has 0 aliphatic rings. The number of hydrogen-bond donors (Lipinski definition) is 2. The van der Waals surface area contributed by atoms with Crippen LogP contribution < -0.4 is 9.46 Å². The lowest BCUT2D eigenvalue weighted by Crippen LogP contribution is -2.27.